The van der Waals surface area contributed by atoms with Gasteiger partial charge < -0.3 is 12.4 Å². The van der Waals surface area contributed by atoms with Gasteiger partial charge >= 0.3 is 195 Å². The molecule has 0 spiro atoms. The van der Waals surface area contributed by atoms with Crippen LogP contribution in [0.5, 0.6) is 0 Å². The average molecular weight is 809 g/mol. The number of fused-ring (bicyclic) bond motifs is 1. The fraction of sp³-hybridized carbons (Fsp3) is 0.462. The molecule has 3 rings (SSSR count). The number of carbonyl (C=O) groups excluding carboxylic acids is 2. The summed E-state index contributed by atoms with van der Waals surface area (Å²) in [7, 11) is 6.30. The topological polar surface area (TPSA) is 52.6 Å². The zero-order chi connectivity index (χ0) is 26.1. The molecule has 0 saturated heterocycles. The number of alkyl halides is 2. The van der Waals surface area contributed by atoms with Gasteiger partial charge in [0.1, 0.15) is 0 Å². The average Bonchev–Trinajstić information content (AvgIpc) is 3.02. The van der Waals surface area contributed by atoms with Crippen molar-refractivity contribution in [1.82, 2.24) is 0 Å². The summed E-state index contributed by atoms with van der Waals surface area (Å²) < 4.78 is 14.1. The van der Waals surface area contributed by atoms with Gasteiger partial charge in [0, 0.05) is 6.42 Å². The molecular weight excluding hydrogens is 772 g/mol. The Kier molecular flexibility index (Phi) is 18.8. The van der Waals surface area contributed by atoms with Gasteiger partial charge in [0.2, 0.25) is 5.24 Å². The van der Waals surface area contributed by atoms with Gasteiger partial charge in [0.25, 0.3) is 0 Å². The number of esters is 1. The van der Waals surface area contributed by atoms with Crippen LogP contribution in [0, 0.1) is 7.14 Å². The predicted molar refractivity (Wildman–Crippen MR) is 168 cm³/mol. The molecule has 0 N–H and O–H groups in total. The van der Waals surface area contributed by atoms with E-state index in [4.69, 9.17) is 28.3 Å². The number of carbonyl (C=O) groups is 2. The molecule has 0 bridgehead atoms. The minimum Gasteiger partial charge on any atom is -1.00 e. The molecule has 2 aromatic rings. The zero-order valence-corrected chi connectivity index (χ0v) is 29.4. The van der Waals surface area contributed by atoms with Crippen molar-refractivity contribution in [1.29, 1.82) is 0 Å². The molecule has 2 aromatic carbocycles. The van der Waals surface area contributed by atoms with Gasteiger partial charge in [0.05, 0.1) is 0 Å². The second kappa shape index (κ2) is 17.7. The molecule has 0 aliphatic carbocycles. The van der Waals surface area contributed by atoms with Crippen molar-refractivity contribution in [2.45, 2.75) is 65.6 Å². The Morgan fingerprint density at radius 3 is 2.03 bits per heavy atom. The number of benzene rings is 2. The van der Waals surface area contributed by atoms with Crippen LogP contribution in [0.3, 0.4) is 0 Å². The molecule has 36 heavy (non-hydrogen) atoms. The summed E-state index contributed by atoms with van der Waals surface area (Å²) >= 11 is 1.97. The van der Waals surface area contributed by atoms with Crippen LogP contribution >= 0.6 is 71.8 Å². The molecule has 0 unspecified atom stereocenters. The van der Waals surface area contributed by atoms with Crippen molar-refractivity contribution >= 4 is 83.1 Å². The Morgan fingerprint density at radius 1 is 1.06 bits per heavy atom. The Balaban J connectivity index is 0. The van der Waals surface area contributed by atoms with E-state index in [-0.39, 0.29) is 41.6 Å². The van der Waals surface area contributed by atoms with Gasteiger partial charge in [-0.15, -0.1) is 12.4 Å². The molecule has 0 saturated carbocycles. The van der Waals surface area contributed by atoms with Crippen LogP contribution < -0.4 is 12.4 Å². The third-order valence-electron chi connectivity index (χ3n) is 4.86. The van der Waals surface area contributed by atoms with Gasteiger partial charge in [-0.05, 0) is 11.6 Å². The summed E-state index contributed by atoms with van der Waals surface area (Å²) in [5.74, 6) is -0.184. The maximum absolute atomic E-state index is 11.4. The van der Waals surface area contributed by atoms with Gasteiger partial charge in [-0.2, -0.15) is 0 Å². The summed E-state index contributed by atoms with van der Waals surface area (Å²) in [4.78, 5) is 25.4. The second-order valence-electron chi connectivity index (χ2n) is 8.42. The van der Waals surface area contributed by atoms with Crippen LogP contribution in [-0.4, -0.2) is 21.1 Å². The van der Waals surface area contributed by atoms with E-state index < -0.39 is 44.5 Å². The van der Waals surface area contributed by atoms with E-state index in [9.17, 15) is 9.59 Å². The number of rotatable bonds is 5. The van der Waals surface area contributed by atoms with E-state index in [1.165, 1.54) is 9.13 Å². The van der Waals surface area contributed by atoms with Crippen LogP contribution in [0.1, 0.15) is 65.5 Å². The van der Waals surface area contributed by atoms with E-state index in [0.717, 1.165) is 9.13 Å². The molecule has 0 atom stereocenters. The molecule has 0 aromatic heterocycles. The first-order chi connectivity index (χ1) is 15.8. The summed E-state index contributed by atoms with van der Waals surface area (Å²) in [6, 6.07) is 16.6. The fourth-order valence-corrected chi connectivity index (χ4v) is 10.8. The van der Waals surface area contributed by atoms with Crippen molar-refractivity contribution in [2.75, 3.05) is 9.86 Å². The van der Waals surface area contributed by atoms with Crippen LogP contribution in [0.4, 0.5) is 0 Å². The number of hydrogen-bond donors (Lipinski definition) is 0. The molecule has 0 radical (unpaired) electrons. The van der Waals surface area contributed by atoms with Gasteiger partial charge in [0.15, 0.2) is 0 Å². The molecule has 4 nitrogen and oxygen atoms in total. The van der Waals surface area contributed by atoms with E-state index >= 15 is 0 Å². The van der Waals surface area contributed by atoms with Crippen LogP contribution in [0.25, 0.3) is 0 Å². The van der Waals surface area contributed by atoms with E-state index in [1.54, 1.807) is 13.8 Å². The Hall–Kier alpha value is 0.160. The largest absolute Gasteiger partial charge is 1.00 e. The Morgan fingerprint density at radius 2 is 1.56 bits per heavy atom. The standard InChI is InChI=1S/C13H18ClIO2.C10H13IO.C3H5ClO.2ClH/c1-5-12(16)17-13(2,3)10-8-6-7-9-11(10)15(4)14;1-10(2)8-6-4-5-7-9(8)11(3)12-10;1-2-3(4)5;;/h6-9H,5H2,1-4H3;4-7H,1-3H3;2H2,1H3;2*1H/p-1. The van der Waals surface area contributed by atoms with Crippen molar-refractivity contribution in [3.63, 3.8) is 0 Å². The summed E-state index contributed by atoms with van der Waals surface area (Å²) in [5, 5.41) is -0.273. The van der Waals surface area contributed by atoms with Crippen LogP contribution in [0.15, 0.2) is 48.5 Å². The predicted octanol–water partition coefficient (Wildman–Crippen LogP) is 6.09. The summed E-state index contributed by atoms with van der Waals surface area (Å²) in [5.41, 5.74) is 1.79. The number of halogens is 6. The summed E-state index contributed by atoms with van der Waals surface area (Å²) in [6.07, 6.45) is 0.822. The molecule has 10 heteroatoms. The molecule has 0 fully saturated rings. The van der Waals surface area contributed by atoms with E-state index in [2.05, 4.69) is 48.0 Å². The minimum absolute atomic E-state index is 0. The Labute approximate surface area is 252 Å². The maximum atomic E-state index is 11.4. The third-order valence-corrected chi connectivity index (χ3v) is 13.0. The van der Waals surface area contributed by atoms with Crippen LogP contribution in [0.2, 0.25) is 0 Å². The van der Waals surface area contributed by atoms with Gasteiger partial charge in [-0.3, -0.25) is 4.79 Å². The maximum Gasteiger partial charge on any atom is -0.147 e. The molecule has 208 valence electrons. The minimum atomic E-state index is -1.61. The second-order valence-corrected chi connectivity index (χ2v) is 19.2. The first-order valence-corrected chi connectivity index (χ1v) is 21.4. The van der Waals surface area contributed by atoms with Crippen molar-refractivity contribution in [3.8, 4) is 0 Å². The molecular formula is C26H37Cl4I2O4-. The van der Waals surface area contributed by atoms with Crippen molar-refractivity contribution in [2.24, 2.45) is 0 Å². The van der Waals surface area contributed by atoms with Crippen molar-refractivity contribution in [3.05, 3.63) is 66.8 Å². The first kappa shape index (κ1) is 38.3. The molecule has 1 aliphatic rings. The smallest absolute Gasteiger partial charge is 0.147 e. The Bertz CT molecular complexity index is 968. The van der Waals surface area contributed by atoms with E-state index in [0.29, 0.717) is 12.8 Å². The zero-order valence-electron chi connectivity index (χ0n) is 22.0. The molecule has 0 amide bonds. The molecule has 1 heterocycles. The first-order valence-electron chi connectivity index (χ1n) is 10.9. The third kappa shape index (κ3) is 11.9. The molecule has 1 aliphatic heterocycles. The SMILES string of the molecule is CCC(=O)Cl.CCC(=O)OC(C)(C)c1ccccc1I(C)Cl.CI1OC(C)(C)c2ccccc21.Cl.[Cl-]. The van der Waals surface area contributed by atoms with Gasteiger partial charge in [-0.1, -0.05) is 6.92 Å². The van der Waals surface area contributed by atoms with Crippen LogP contribution in [-0.2, 0) is 28.6 Å². The monoisotopic (exact) mass is 807 g/mol. The van der Waals surface area contributed by atoms with E-state index in [1.807, 2.05) is 38.1 Å². The normalized spacial score (nSPS) is 14.3. The number of ether oxygens (including phenoxy) is 1. The summed E-state index contributed by atoms with van der Waals surface area (Å²) in [6.45, 7) is 11.7. The van der Waals surface area contributed by atoms with Gasteiger partial charge in [-0.25, -0.2) is 0 Å². The van der Waals surface area contributed by atoms with Crippen molar-refractivity contribution < 1.29 is 29.8 Å². The fourth-order valence-electron chi connectivity index (χ4n) is 3.14. The quantitative estimate of drug-likeness (QED) is 0.159. The number of hydrogen-bond acceptors (Lipinski definition) is 4.